The van der Waals surface area contributed by atoms with Gasteiger partial charge in [0, 0.05) is 17.7 Å². The second kappa shape index (κ2) is 6.67. The SMILES string of the molecule is COc1ccc(/C(O)=C2\C(=O)C(=O)N[C@@H]2c2ccc([N+](=O)[O-])cc2)cc1. The van der Waals surface area contributed by atoms with Gasteiger partial charge in [0.15, 0.2) is 0 Å². The number of nitrogens with one attached hydrogen (secondary N) is 1. The summed E-state index contributed by atoms with van der Waals surface area (Å²) in [6.45, 7) is 0. The van der Waals surface area contributed by atoms with Gasteiger partial charge in [0.25, 0.3) is 17.4 Å². The van der Waals surface area contributed by atoms with Gasteiger partial charge in [-0.25, -0.2) is 0 Å². The Bertz CT molecular complexity index is 916. The number of carbonyl (C=O) groups excluding carboxylic acids is 2. The Hall–Kier alpha value is -3.68. The predicted molar refractivity (Wildman–Crippen MR) is 91.5 cm³/mol. The lowest BCUT2D eigenvalue weighted by Gasteiger charge is -2.13. The number of nitro benzene ring substituents is 1. The van der Waals surface area contributed by atoms with E-state index in [4.69, 9.17) is 4.74 Å². The molecule has 8 heteroatoms. The van der Waals surface area contributed by atoms with Gasteiger partial charge in [-0.2, -0.15) is 0 Å². The fourth-order valence-corrected chi connectivity index (χ4v) is 2.71. The van der Waals surface area contributed by atoms with Gasteiger partial charge in [0.1, 0.15) is 11.5 Å². The zero-order chi connectivity index (χ0) is 18.8. The highest BCUT2D eigenvalue weighted by atomic mass is 16.6. The summed E-state index contributed by atoms with van der Waals surface area (Å²) in [4.78, 5) is 34.3. The fraction of sp³-hybridized carbons (Fsp3) is 0.111. The van der Waals surface area contributed by atoms with Gasteiger partial charge in [-0.05, 0) is 42.0 Å². The first-order valence-corrected chi connectivity index (χ1v) is 7.59. The van der Waals surface area contributed by atoms with Crippen LogP contribution in [0.15, 0.2) is 54.1 Å². The molecule has 2 aromatic rings. The van der Waals surface area contributed by atoms with Crippen molar-refractivity contribution < 1.29 is 24.4 Å². The van der Waals surface area contributed by atoms with E-state index in [9.17, 15) is 24.8 Å². The Morgan fingerprint density at radius 3 is 2.27 bits per heavy atom. The van der Waals surface area contributed by atoms with Crippen molar-refractivity contribution in [2.24, 2.45) is 0 Å². The number of Topliss-reactive ketones (excluding diaryl/α,β-unsaturated/α-hetero) is 1. The maximum atomic E-state index is 12.2. The summed E-state index contributed by atoms with van der Waals surface area (Å²) >= 11 is 0. The van der Waals surface area contributed by atoms with Crippen molar-refractivity contribution in [1.82, 2.24) is 5.32 Å². The van der Waals surface area contributed by atoms with Crippen molar-refractivity contribution in [3.63, 3.8) is 0 Å². The van der Waals surface area contributed by atoms with Gasteiger partial charge in [-0.15, -0.1) is 0 Å². The van der Waals surface area contributed by atoms with Crippen molar-refractivity contribution in [2.75, 3.05) is 7.11 Å². The van der Waals surface area contributed by atoms with E-state index in [1.54, 1.807) is 24.3 Å². The van der Waals surface area contributed by atoms with Crippen LogP contribution in [0.5, 0.6) is 5.75 Å². The standard InChI is InChI=1S/C18H14N2O6/c1-26-13-8-4-11(5-9-13)16(21)14-15(19-18(23)17(14)22)10-2-6-12(7-3-10)20(24)25/h2-9,15,21H,1H3,(H,19,23)/b16-14+/t15-/m1/s1. The van der Waals surface area contributed by atoms with Crippen LogP contribution in [0.4, 0.5) is 5.69 Å². The Morgan fingerprint density at radius 1 is 1.12 bits per heavy atom. The number of ether oxygens (including phenoxy) is 1. The third-order valence-electron chi connectivity index (χ3n) is 4.07. The van der Waals surface area contributed by atoms with E-state index in [1.807, 2.05) is 0 Å². The van der Waals surface area contributed by atoms with E-state index in [1.165, 1.54) is 31.4 Å². The van der Waals surface area contributed by atoms with Crippen LogP contribution in [0.2, 0.25) is 0 Å². The summed E-state index contributed by atoms with van der Waals surface area (Å²) < 4.78 is 5.05. The Morgan fingerprint density at radius 2 is 1.73 bits per heavy atom. The highest BCUT2D eigenvalue weighted by molar-refractivity contribution is 6.46. The number of carbonyl (C=O) groups is 2. The van der Waals surface area contributed by atoms with Crippen LogP contribution in [0.3, 0.4) is 0 Å². The second-order valence-electron chi connectivity index (χ2n) is 5.58. The van der Waals surface area contributed by atoms with E-state index in [-0.39, 0.29) is 17.0 Å². The zero-order valence-corrected chi connectivity index (χ0v) is 13.6. The van der Waals surface area contributed by atoms with E-state index >= 15 is 0 Å². The summed E-state index contributed by atoms with van der Waals surface area (Å²) in [5.41, 5.74) is 0.575. The lowest BCUT2D eigenvalue weighted by atomic mass is 9.95. The van der Waals surface area contributed by atoms with Gasteiger partial charge >= 0.3 is 0 Å². The van der Waals surface area contributed by atoms with Crippen LogP contribution in [-0.2, 0) is 9.59 Å². The molecule has 26 heavy (non-hydrogen) atoms. The van der Waals surface area contributed by atoms with Crippen molar-refractivity contribution in [1.29, 1.82) is 0 Å². The molecule has 0 unspecified atom stereocenters. The molecule has 1 heterocycles. The Balaban J connectivity index is 2.04. The van der Waals surface area contributed by atoms with E-state index in [0.29, 0.717) is 16.9 Å². The maximum Gasteiger partial charge on any atom is 0.293 e. The molecule has 2 N–H and O–H groups in total. The molecule has 0 saturated carbocycles. The molecular weight excluding hydrogens is 340 g/mol. The van der Waals surface area contributed by atoms with E-state index in [2.05, 4.69) is 5.32 Å². The van der Waals surface area contributed by atoms with Crippen LogP contribution in [0.25, 0.3) is 5.76 Å². The van der Waals surface area contributed by atoms with Crippen LogP contribution in [0, 0.1) is 10.1 Å². The molecular formula is C18H14N2O6. The molecule has 2 aromatic carbocycles. The minimum absolute atomic E-state index is 0.103. The number of nitro groups is 1. The first-order valence-electron chi connectivity index (χ1n) is 7.59. The molecule has 1 aliphatic heterocycles. The number of hydrogen-bond acceptors (Lipinski definition) is 6. The number of amides is 1. The molecule has 132 valence electrons. The van der Waals surface area contributed by atoms with Gasteiger partial charge in [0.05, 0.1) is 23.6 Å². The first-order chi connectivity index (χ1) is 12.4. The van der Waals surface area contributed by atoms with Crippen LogP contribution < -0.4 is 10.1 Å². The molecule has 0 spiro atoms. The van der Waals surface area contributed by atoms with Gasteiger partial charge in [-0.1, -0.05) is 0 Å². The number of aliphatic hydroxyl groups is 1. The Labute approximate surface area is 147 Å². The highest BCUT2D eigenvalue weighted by Gasteiger charge is 2.39. The molecule has 1 fully saturated rings. The summed E-state index contributed by atoms with van der Waals surface area (Å²) in [5, 5.41) is 23.8. The monoisotopic (exact) mass is 354 g/mol. The van der Waals surface area contributed by atoms with Gasteiger partial charge in [-0.3, -0.25) is 19.7 Å². The molecule has 0 aliphatic carbocycles. The molecule has 0 aromatic heterocycles. The molecule has 8 nitrogen and oxygen atoms in total. The van der Waals surface area contributed by atoms with Gasteiger partial charge < -0.3 is 15.2 Å². The quantitative estimate of drug-likeness (QED) is 0.286. The maximum absolute atomic E-state index is 12.2. The van der Waals surface area contributed by atoms with Crippen LogP contribution in [0.1, 0.15) is 17.2 Å². The average molecular weight is 354 g/mol. The molecule has 0 radical (unpaired) electrons. The topological polar surface area (TPSA) is 119 Å². The average Bonchev–Trinajstić information content (AvgIpc) is 2.96. The summed E-state index contributed by atoms with van der Waals surface area (Å²) in [6.07, 6.45) is 0. The lowest BCUT2D eigenvalue weighted by Crippen LogP contribution is -2.21. The minimum atomic E-state index is -0.891. The fourth-order valence-electron chi connectivity index (χ4n) is 2.71. The Kier molecular flexibility index (Phi) is 4.40. The molecule has 1 saturated heterocycles. The van der Waals surface area contributed by atoms with Gasteiger partial charge in [0.2, 0.25) is 0 Å². The predicted octanol–water partition coefficient (Wildman–Crippen LogP) is 2.31. The van der Waals surface area contributed by atoms with Crippen LogP contribution >= 0.6 is 0 Å². The third kappa shape index (κ3) is 3.00. The summed E-state index contributed by atoms with van der Waals surface area (Å²) in [5.74, 6) is -1.45. The molecule has 1 aliphatic rings. The van der Waals surface area contributed by atoms with Crippen molar-refractivity contribution in [3.8, 4) is 5.75 Å². The number of hydrogen-bond donors (Lipinski definition) is 2. The number of methoxy groups -OCH3 is 1. The second-order valence-corrected chi connectivity index (χ2v) is 5.58. The lowest BCUT2D eigenvalue weighted by molar-refractivity contribution is -0.384. The molecule has 0 bridgehead atoms. The zero-order valence-electron chi connectivity index (χ0n) is 13.6. The molecule has 3 rings (SSSR count). The number of ketones is 1. The van der Waals surface area contributed by atoms with Crippen LogP contribution in [-0.4, -0.2) is 28.8 Å². The number of nitrogens with zero attached hydrogens (tertiary/aromatic N) is 1. The molecule has 1 atom stereocenters. The third-order valence-corrected chi connectivity index (χ3v) is 4.07. The smallest absolute Gasteiger partial charge is 0.293 e. The summed E-state index contributed by atoms with van der Waals surface area (Å²) in [7, 11) is 1.50. The first kappa shape index (κ1) is 17.2. The van der Waals surface area contributed by atoms with Crippen molar-refractivity contribution >= 4 is 23.1 Å². The summed E-state index contributed by atoms with van der Waals surface area (Å²) in [6, 6.07) is 10.9. The number of benzene rings is 2. The van der Waals surface area contributed by atoms with Crippen molar-refractivity contribution in [3.05, 3.63) is 75.3 Å². The number of aliphatic hydroxyl groups excluding tert-OH is 1. The highest BCUT2D eigenvalue weighted by Crippen LogP contribution is 2.33. The van der Waals surface area contributed by atoms with E-state index in [0.717, 1.165) is 0 Å². The largest absolute Gasteiger partial charge is 0.507 e. The number of non-ortho nitro benzene ring substituents is 1. The molecule has 1 amide bonds. The van der Waals surface area contributed by atoms with Crippen molar-refractivity contribution in [2.45, 2.75) is 6.04 Å². The van der Waals surface area contributed by atoms with E-state index < -0.39 is 22.7 Å². The number of rotatable bonds is 4. The normalized spacial score (nSPS) is 18.4. The minimum Gasteiger partial charge on any atom is -0.507 e.